The molecule has 0 bridgehead atoms. The molecule has 0 aromatic rings. The number of nitrogens with zero attached hydrogens (tertiary/aromatic N) is 2. The lowest BCUT2D eigenvalue weighted by Gasteiger charge is -2.43. The van der Waals surface area contributed by atoms with Gasteiger partial charge < -0.3 is 5.11 Å². The Kier molecular flexibility index (Phi) is 6.63. The van der Waals surface area contributed by atoms with Crippen LogP contribution in [-0.4, -0.2) is 65.7 Å². The van der Waals surface area contributed by atoms with Gasteiger partial charge in [0.15, 0.2) is 0 Å². The van der Waals surface area contributed by atoms with Crippen LogP contribution < -0.4 is 0 Å². The van der Waals surface area contributed by atoms with Crippen LogP contribution in [0.5, 0.6) is 0 Å². The van der Waals surface area contributed by atoms with Crippen LogP contribution in [0.25, 0.3) is 0 Å². The molecule has 0 radical (unpaired) electrons. The zero-order chi connectivity index (χ0) is 14.5. The fraction of sp³-hybridized carbons (Fsp3) is 1.00. The number of rotatable bonds is 7. The summed E-state index contributed by atoms with van der Waals surface area (Å²) < 4.78 is 25.0. The first-order chi connectivity index (χ1) is 8.94. The van der Waals surface area contributed by atoms with Gasteiger partial charge in [-0.25, -0.2) is 8.78 Å². The molecule has 0 amide bonds. The fourth-order valence-corrected chi connectivity index (χ4v) is 2.80. The van der Waals surface area contributed by atoms with Crippen molar-refractivity contribution in [2.75, 3.05) is 32.7 Å². The Hall–Kier alpha value is -0.260. The maximum atomic E-state index is 12.5. The Morgan fingerprint density at radius 2 is 1.84 bits per heavy atom. The molecule has 3 nitrogen and oxygen atoms in total. The fourth-order valence-electron chi connectivity index (χ4n) is 2.80. The van der Waals surface area contributed by atoms with E-state index in [-0.39, 0.29) is 12.6 Å². The lowest BCUT2D eigenvalue weighted by molar-refractivity contribution is -0.0360. The van der Waals surface area contributed by atoms with Gasteiger partial charge in [0.25, 0.3) is 6.43 Å². The zero-order valence-electron chi connectivity index (χ0n) is 12.4. The third-order valence-corrected chi connectivity index (χ3v) is 4.37. The Bertz CT molecular complexity index is 260. The normalized spacial score (nSPS) is 23.2. The van der Waals surface area contributed by atoms with Crippen molar-refractivity contribution in [3.8, 4) is 0 Å². The lowest BCUT2D eigenvalue weighted by Crippen LogP contribution is -2.57. The van der Waals surface area contributed by atoms with Gasteiger partial charge >= 0.3 is 0 Å². The third-order valence-electron chi connectivity index (χ3n) is 4.37. The van der Waals surface area contributed by atoms with Crippen LogP contribution >= 0.6 is 0 Å². The van der Waals surface area contributed by atoms with E-state index in [1.54, 1.807) is 0 Å². The second-order valence-corrected chi connectivity index (χ2v) is 5.61. The van der Waals surface area contributed by atoms with Crippen LogP contribution in [0.4, 0.5) is 8.78 Å². The molecule has 0 aliphatic carbocycles. The molecule has 1 rings (SSSR count). The monoisotopic (exact) mass is 278 g/mol. The van der Waals surface area contributed by atoms with Gasteiger partial charge in [-0.3, -0.25) is 9.80 Å². The highest BCUT2D eigenvalue weighted by Crippen LogP contribution is 2.20. The molecule has 0 aromatic heterocycles. The predicted octanol–water partition coefficient (Wildman–Crippen LogP) is 2.20. The number of alkyl halides is 2. The Labute approximate surface area is 115 Å². The molecular weight excluding hydrogens is 250 g/mol. The quantitative estimate of drug-likeness (QED) is 0.773. The molecule has 114 valence electrons. The maximum Gasteiger partial charge on any atom is 0.251 e. The summed E-state index contributed by atoms with van der Waals surface area (Å²) in [5.41, 5.74) is -0.636. The zero-order valence-corrected chi connectivity index (χ0v) is 12.4. The first-order valence-electron chi connectivity index (χ1n) is 7.41. The smallest absolute Gasteiger partial charge is 0.251 e. The summed E-state index contributed by atoms with van der Waals surface area (Å²) in [6.45, 7) is 8.78. The van der Waals surface area contributed by atoms with E-state index >= 15 is 0 Å². The van der Waals surface area contributed by atoms with Crippen LogP contribution in [0.2, 0.25) is 0 Å². The molecule has 1 saturated heterocycles. The van der Waals surface area contributed by atoms with Crippen LogP contribution in [-0.2, 0) is 0 Å². The molecule has 1 heterocycles. The van der Waals surface area contributed by atoms with Crippen LogP contribution in [0, 0.1) is 0 Å². The molecule has 0 aromatic carbocycles. The van der Waals surface area contributed by atoms with Crippen molar-refractivity contribution in [1.82, 2.24) is 9.80 Å². The van der Waals surface area contributed by atoms with E-state index in [4.69, 9.17) is 0 Å². The van der Waals surface area contributed by atoms with Gasteiger partial charge in [-0.1, -0.05) is 20.8 Å². The summed E-state index contributed by atoms with van der Waals surface area (Å²) in [5, 5.41) is 10.4. The Morgan fingerprint density at radius 1 is 1.21 bits per heavy atom. The molecule has 1 aliphatic heterocycles. The molecule has 1 atom stereocenters. The van der Waals surface area contributed by atoms with Crippen molar-refractivity contribution in [1.29, 1.82) is 0 Å². The Balaban J connectivity index is 2.54. The first kappa shape index (κ1) is 16.8. The minimum atomic E-state index is -2.26. The molecule has 1 aliphatic rings. The number of hydrogen-bond donors (Lipinski definition) is 1. The highest BCUT2D eigenvalue weighted by Gasteiger charge is 2.32. The largest absolute Gasteiger partial charge is 0.389 e. The summed E-state index contributed by atoms with van der Waals surface area (Å²) in [5.74, 6) is 0. The van der Waals surface area contributed by atoms with E-state index in [1.165, 1.54) is 0 Å². The highest BCUT2D eigenvalue weighted by atomic mass is 19.3. The first-order valence-corrected chi connectivity index (χ1v) is 7.41. The van der Waals surface area contributed by atoms with E-state index in [2.05, 4.69) is 4.90 Å². The van der Waals surface area contributed by atoms with Crippen molar-refractivity contribution in [2.24, 2.45) is 0 Å². The van der Waals surface area contributed by atoms with Gasteiger partial charge in [0.05, 0.1) is 12.1 Å². The number of piperazine rings is 1. The predicted molar refractivity (Wildman–Crippen MR) is 73.6 cm³/mol. The van der Waals surface area contributed by atoms with Crippen molar-refractivity contribution in [2.45, 2.75) is 58.1 Å². The topological polar surface area (TPSA) is 26.7 Å². The van der Waals surface area contributed by atoms with E-state index in [1.807, 2.05) is 25.7 Å². The standard InChI is InChI=1S/C14H28F2N2O/c1-4-12-9-17(11-14(19,5-2)6-3)7-8-18(12)10-13(15)16/h12-13,19H,4-11H2,1-3H3. The van der Waals surface area contributed by atoms with Gasteiger partial charge in [-0.2, -0.15) is 0 Å². The van der Waals surface area contributed by atoms with E-state index in [0.29, 0.717) is 13.1 Å². The van der Waals surface area contributed by atoms with Crippen molar-refractivity contribution >= 4 is 0 Å². The van der Waals surface area contributed by atoms with Crippen molar-refractivity contribution in [3.05, 3.63) is 0 Å². The molecule has 0 saturated carbocycles. The highest BCUT2D eigenvalue weighted by molar-refractivity contribution is 4.86. The van der Waals surface area contributed by atoms with Gasteiger partial charge in [0.1, 0.15) is 0 Å². The summed E-state index contributed by atoms with van der Waals surface area (Å²) in [4.78, 5) is 4.11. The average Bonchev–Trinajstić information content (AvgIpc) is 2.39. The molecule has 19 heavy (non-hydrogen) atoms. The maximum absolute atomic E-state index is 12.5. The third kappa shape index (κ3) is 4.97. The summed E-state index contributed by atoms with van der Waals surface area (Å²) in [6.07, 6.45) is 0.0819. The Morgan fingerprint density at radius 3 is 2.32 bits per heavy atom. The minimum absolute atomic E-state index is 0.127. The van der Waals surface area contributed by atoms with Crippen LogP contribution in [0.15, 0.2) is 0 Å². The summed E-state index contributed by atoms with van der Waals surface area (Å²) in [7, 11) is 0. The van der Waals surface area contributed by atoms with Gasteiger partial charge in [0.2, 0.25) is 0 Å². The van der Waals surface area contributed by atoms with Crippen LogP contribution in [0.3, 0.4) is 0 Å². The second kappa shape index (κ2) is 7.50. The number of halogens is 2. The molecular formula is C14H28F2N2O. The lowest BCUT2D eigenvalue weighted by atomic mass is 9.96. The average molecular weight is 278 g/mol. The number of β-amino-alcohol motifs (C(OH)–C–C–N with tert-alkyl or cyclic N) is 1. The van der Waals surface area contributed by atoms with Crippen molar-refractivity contribution < 1.29 is 13.9 Å². The van der Waals surface area contributed by atoms with Gasteiger partial charge in [-0.05, 0) is 19.3 Å². The molecule has 5 heteroatoms. The van der Waals surface area contributed by atoms with Gasteiger partial charge in [0, 0.05) is 32.2 Å². The van der Waals surface area contributed by atoms with Crippen LogP contribution in [0.1, 0.15) is 40.0 Å². The van der Waals surface area contributed by atoms with E-state index in [0.717, 1.165) is 32.4 Å². The minimum Gasteiger partial charge on any atom is -0.389 e. The summed E-state index contributed by atoms with van der Waals surface area (Å²) >= 11 is 0. The second-order valence-electron chi connectivity index (χ2n) is 5.61. The molecule has 0 spiro atoms. The SMILES string of the molecule is CCC1CN(CC(O)(CC)CC)CCN1CC(F)F. The summed E-state index contributed by atoms with van der Waals surface area (Å²) in [6, 6.07) is 0.181. The van der Waals surface area contributed by atoms with Crippen molar-refractivity contribution in [3.63, 3.8) is 0 Å². The van der Waals surface area contributed by atoms with E-state index in [9.17, 15) is 13.9 Å². The number of aliphatic hydroxyl groups is 1. The van der Waals surface area contributed by atoms with Gasteiger partial charge in [-0.15, -0.1) is 0 Å². The van der Waals surface area contributed by atoms with E-state index < -0.39 is 12.0 Å². The molecule has 1 fully saturated rings. The number of hydrogen-bond acceptors (Lipinski definition) is 3. The molecule has 1 unspecified atom stereocenters. The molecule has 1 N–H and O–H groups in total.